The van der Waals surface area contributed by atoms with Gasteiger partial charge in [-0.1, -0.05) is 0 Å². The van der Waals surface area contributed by atoms with Crippen LogP contribution in [0.5, 0.6) is 0 Å². The molecule has 1 aromatic heterocycles. The van der Waals surface area contributed by atoms with Crippen molar-refractivity contribution in [1.29, 1.82) is 0 Å². The van der Waals surface area contributed by atoms with Gasteiger partial charge >= 0.3 is 0 Å². The van der Waals surface area contributed by atoms with Gasteiger partial charge in [-0.15, -0.1) is 0 Å². The van der Waals surface area contributed by atoms with Gasteiger partial charge in [-0.3, -0.25) is 4.79 Å². The van der Waals surface area contributed by atoms with Crippen molar-refractivity contribution < 1.29 is 18.0 Å². The van der Waals surface area contributed by atoms with Crippen LogP contribution < -0.4 is 10.2 Å². The number of nitrogens with one attached hydrogen (secondary N) is 1. The number of amides is 1. The molecule has 0 bridgehead atoms. The van der Waals surface area contributed by atoms with E-state index in [1.54, 1.807) is 11.0 Å². The predicted octanol–water partition coefficient (Wildman–Crippen LogP) is 3.86. The zero-order chi connectivity index (χ0) is 21.3. The molecule has 5 nitrogen and oxygen atoms in total. The fourth-order valence-electron chi connectivity index (χ4n) is 4.15. The van der Waals surface area contributed by atoms with Crippen LogP contribution in [0, 0.1) is 17.6 Å². The van der Waals surface area contributed by atoms with E-state index < -0.39 is 17.8 Å². The molecule has 160 valence electrons. The SMILES string of the molecule is CN1CCC(C(=O)Nc2c(-c3cc(F)ccc3F)ccnc2N2CC[C@H](F)C2)CC1. The molecule has 0 aliphatic carbocycles. The van der Waals surface area contributed by atoms with E-state index in [1.807, 2.05) is 7.05 Å². The van der Waals surface area contributed by atoms with Crippen LogP contribution in [0.2, 0.25) is 0 Å². The zero-order valence-electron chi connectivity index (χ0n) is 16.9. The summed E-state index contributed by atoms with van der Waals surface area (Å²) in [5, 5.41) is 2.93. The summed E-state index contributed by atoms with van der Waals surface area (Å²) in [6.07, 6.45) is 2.29. The molecule has 2 aliphatic rings. The number of halogens is 3. The number of anilines is 2. The van der Waals surface area contributed by atoms with E-state index >= 15 is 0 Å². The number of carbonyl (C=O) groups is 1. The normalized spacial score (nSPS) is 20.5. The molecule has 2 aromatic rings. The molecule has 2 saturated heterocycles. The van der Waals surface area contributed by atoms with Gasteiger partial charge in [0.1, 0.15) is 17.8 Å². The first-order valence-electron chi connectivity index (χ1n) is 10.2. The number of aromatic nitrogens is 1. The summed E-state index contributed by atoms with van der Waals surface area (Å²) in [4.78, 5) is 21.3. The van der Waals surface area contributed by atoms with Crippen molar-refractivity contribution in [2.45, 2.75) is 25.4 Å². The highest BCUT2D eigenvalue weighted by Gasteiger charge is 2.29. The number of rotatable bonds is 4. The molecular weight excluding hydrogens is 393 g/mol. The Morgan fingerprint density at radius 3 is 2.57 bits per heavy atom. The van der Waals surface area contributed by atoms with E-state index in [1.165, 1.54) is 6.20 Å². The minimum absolute atomic E-state index is 0.0355. The average molecular weight is 418 g/mol. The maximum absolute atomic E-state index is 14.6. The van der Waals surface area contributed by atoms with Gasteiger partial charge < -0.3 is 15.1 Å². The van der Waals surface area contributed by atoms with Gasteiger partial charge in [0.25, 0.3) is 0 Å². The van der Waals surface area contributed by atoms with Gasteiger partial charge in [0.05, 0.1) is 12.2 Å². The Hall–Kier alpha value is -2.61. The quantitative estimate of drug-likeness (QED) is 0.819. The minimum Gasteiger partial charge on any atom is -0.352 e. The van der Waals surface area contributed by atoms with Crippen LogP contribution in [-0.4, -0.2) is 55.2 Å². The Morgan fingerprint density at radius 1 is 1.10 bits per heavy atom. The maximum Gasteiger partial charge on any atom is 0.227 e. The van der Waals surface area contributed by atoms with Crippen LogP contribution in [0.3, 0.4) is 0 Å². The van der Waals surface area contributed by atoms with E-state index in [2.05, 4.69) is 15.2 Å². The molecule has 1 amide bonds. The van der Waals surface area contributed by atoms with Crippen molar-refractivity contribution in [2.24, 2.45) is 5.92 Å². The van der Waals surface area contributed by atoms with Gasteiger partial charge in [0.15, 0.2) is 5.82 Å². The van der Waals surface area contributed by atoms with Crippen LogP contribution in [0.25, 0.3) is 11.1 Å². The third kappa shape index (κ3) is 4.28. The Labute approximate surface area is 173 Å². The Morgan fingerprint density at radius 2 is 1.87 bits per heavy atom. The highest BCUT2D eigenvalue weighted by Crippen LogP contribution is 2.38. The molecule has 2 aliphatic heterocycles. The summed E-state index contributed by atoms with van der Waals surface area (Å²) in [6.45, 7) is 2.23. The predicted molar refractivity (Wildman–Crippen MR) is 110 cm³/mol. The third-order valence-corrected chi connectivity index (χ3v) is 5.92. The summed E-state index contributed by atoms with van der Waals surface area (Å²) in [5.41, 5.74) is 0.675. The number of hydrogen-bond acceptors (Lipinski definition) is 4. The van der Waals surface area contributed by atoms with E-state index in [0.717, 1.165) is 44.1 Å². The van der Waals surface area contributed by atoms with Gasteiger partial charge in [-0.05, 0) is 63.7 Å². The average Bonchev–Trinajstić information content (AvgIpc) is 3.16. The monoisotopic (exact) mass is 418 g/mol. The number of pyridine rings is 1. The lowest BCUT2D eigenvalue weighted by atomic mass is 9.95. The molecule has 0 spiro atoms. The lowest BCUT2D eigenvalue weighted by molar-refractivity contribution is -0.121. The van der Waals surface area contributed by atoms with Crippen molar-refractivity contribution in [3.8, 4) is 11.1 Å². The second-order valence-corrected chi connectivity index (χ2v) is 8.08. The van der Waals surface area contributed by atoms with Crippen LogP contribution in [0.1, 0.15) is 19.3 Å². The Kier molecular flexibility index (Phi) is 5.94. The number of hydrogen-bond donors (Lipinski definition) is 1. The Bertz CT molecular complexity index is 931. The summed E-state index contributed by atoms with van der Waals surface area (Å²) in [7, 11) is 2.01. The van der Waals surface area contributed by atoms with Crippen molar-refractivity contribution in [3.05, 3.63) is 42.1 Å². The maximum atomic E-state index is 14.6. The summed E-state index contributed by atoms with van der Waals surface area (Å²) >= 11 is 0. The molecule has 1 aromatic carbocycles. The highest BCUT2D eigenvalue weighted by molar-refractivity contribution is 6.00. The van der Waals surface area contributed by atoms with Crippen molar-refractivity contribution >= 4 is 17.4 Å². The molecule has 3 heterocycles. The smallest absolute Gasteiger partial charge is 0.227 e. The van der Waals surface area contributed by atoms with E-state index in [-0.39, 0.29) is 23.9 Å². The molecule has 30 heavy (non-hydrogen) atoms. The highest BCUT2D eigenvalue weighted by atomic mass is 19.1. The molecule has 0 unspecified atom stereocenters. The van der Waals surface area contributed by atoms with Crippen LogP contribution in [0.15, 0.2) is 30.5 Å². The number of alkyl halides is 1. The number of likely N-dealkylation sites (tertiary alicyclic amines) is 1. The summed E-state index contributed by atoms with van der Waals surface area (Å²) in [6, 6.07) is 4.75. The fraction of sp³-hybridized carbons (Fsp3) is 0.455. The Balaban J connectivity index is 1.73. The second kappa shape index (κ2) is 8.63. The van der Waals surface area contributed by atoms with Gasteiger partial charge in [0.2, 0.25) is 5.91 Å². The van der Waals surface area contributed by atoms with E-state index in [4.69, 9.17) is 0 Å². The van der Waals surface area contributed by atoms with Crippen LogP contribution in [-0.2, 0) is 4.79 Å². The topological polar surface area (TPSA) is 48.5 Å². The van der Waals surface area contributed by atoms with Crippen molar-refractivity contribution in [2.75, 3.05) is 43.4 Å². The molecule has 8 heteroatoms. The van der Waals surface area contributed by atoms with E-state index in [9.17, 15) is 18.0 Å². The summed E-state index contributed by atoms with van der Waals surface area (Å²) < 4.78 is 42.3. The second-order valence-electron chi connectivity index (χ2n) is 8.08. The summed E-state index contributed by atoms with van der Waals surface area (Å²) in [5.74, 6) is -1.15. The molecule has 4 rings (SSSR count). The molecular formula is C22H25F3N4O. The number of nitrogens with zero attached hydrogens (tertiary/aromatic N) is 3. The zero-order valence-corrected chi connectivity index (χ0v) is 16.9. The number of carbonyl (C=O) groups excluding carboxylic acids is 1. The molecule has 1 N–H and O–H groups in total. The first-order chi connectivity index (χ1) is 14.4. The van der Waals surface area contributed by atoms with Gasteiger partial charge in [0, 0.05) is 29.8 Å². The third-order valence-electron chi connectivity index (χ3n) is 5.92. The molecule has 0 radical (unpaired) electrons. The first kappa shape index (κ1) is 20.7. The lowest BCUT2D eigenvalue weighted by Crippen LogP contribution is -2.36. The molecule has 1 atom stereocenters. The van der Waals surface area contributed by atoms with Crippen LogP contribution in [0.4, 0.5) is 24.7 Å². The molecule has 0 saturated carbocycles. The van der Waals surface area contributed by atoms with Crippen LogP contribution >= 0.6 is 0 Å². The van der Waals surface area contributed by atoms with E-state index in [0.29, 0.717) is 30.0 Å². The standard InChI is InChI=1S/C22H25F3N4O/c1-28-9-5-14(6-10-28)22(30)27-20-17(18-12-15(23)2-3-19(18)25)4-8-26-21(20)29-11-7-16(24)13-29/h2-4,8,12,14,16H,5-7,9-11,13H2,1H3,(H,27,30)/t16-/m0/s1. The molecule has 2 fully saturated rings. The first-order valence-corrected chi connectivity index (χ1v) is 10.2. The largest absolute Gasteiger partial charge is 0.352 e. The van der Waals surface area contributed by atoms with Gasteiger partial charge in [-0.25, -0.2) is 18.2 Å². The minimum atomic E-state index is -0.987. The number of piperidine rings is 1. The van der Waals surface area contributed by atoms with Crippen molar-refractivity contribution in [1.82, 2.24) is 9.88 Å². The van der Waals surface area contributed by atoms with Crippen molar-refractivity contribution in [3.63, 3.8) is 0 Å². The number of benzene rings is 1. The fourth-order valence-corrected chi connectivity index (χ4v) is 4.15. The lowest BCUT2D eigenvalue weighted by Gasteiger charge is -2.29. The van der Waals surface area contributed by atoms with Gasteiger partial charge in [-0.2, -0.15) is 0 Å².